The largest absolute Gasteiger partial charge is 0.356 e. The maximum Gasteiger partial charge on any atom is 0.191 e. The van der Waals surface area contributed by atoms with Crippen LogP contribution in [0.2, 0.25) is 0 Å². The highest BCUT2D eigenvalue weighted by atomic mass is 127. The molecule has 0 aromatic heterocycles. The number of benzene rings is 1. The molecule has 1 aliphatic heterocycles. The lowest BCUT2D eigenvalue weighted by molar-refractivity contribution is 0.505. The third kappa shape index (κ3) is 4.95. The molecule has 1 aliphatic rings. The number of hydrogen-bond donors (Lipinski definition) is 2. The van der Waals surface area contributed by atoms with Gasteiger partial charge in [-0.1, -0.05) is 41.9 Å². The number of aliphatic imine (C=N–C) groups is 1. The predicted molar refractivity (Wildman–Crippen MR) is 95.5 cm³/mol. The third-order valence-corrected chi connectivity index (χ3v) is 3.69. The number of nitrogens with zero attached hydrogens (tertiary/aromatic N) is 1. The lowest BCUT2D eigenvalue weighted by Gasteiger charge is -2.27. The van der Waals surface area contributed by atoms with Crippen molar-refractivity contribution in [3.8, 4) is 0 Å². The van der Waals surface area contributed by atoms with Crippen LogP contribution in [-0.2, 0) is 5.41 Å². The van der Waals surface area contributed by atoms with E-state index in [9.17, 15) is 0 Å². The van der Waals surface area contributed by atoms with Crippen LogP contribution in [0.4, 0.5) is 0 Å². The van der Waals surface area contributed by atoms with E-state index in [1.165, 1.54) is 5.56 Å². The van der Waals surface area contributed by atoms with Gasteiger partial charge in [0.25, 0.3) is 0 Å². The Kier molecular flexibility index (Phi) is 6.59. The summed E-state index contributed by atoms with van der Waals surface area (Å²) in [6.07, 6.45) is 1.13. The fraction of sp³-hybridized carbons (Fsp3) is 0.500. The topological polar surface area (TPSA) is 36.4 Å². The maximum atomic E-state index is 4.43. The van der Waals surface area contributed by atoms with Gasteiger partial charge >= 0.3 is 0 Å². The van der Waals surface area contributed by atoms with E-state index in [1.807, 2.05) is 0 Å². The van der Waals surface area contributed by atoms with E-state index in [0.29, 0.717) is 0 Å². The van der Waals surface area contributed by atoms with Gasteiger partial charge in [0.2, 0.25) is 0 Å². The van der Waals surface area contributed by atoms with Crippen molar-refractivity contribution in [1.82, 2.24) is 10.6 Å². The Morgan fingerprint density at radius 3 is 2.84 bits per heavy atom. The summed E-state index contributed by atoms with van der Waals surface area (Å²) in [6.45, 7) is 7.29. The minimum absolute atomic E-state index is 0. The quantitative estimate of drug-likeness (QED) is 0.712. The van der Waals surface area contributed by atoms with Gasteiger partial charge in [-0.2, -0.15) is 0 Å². The summed E-state index contributed by atoms with van der Waals surface area (Å²) in [7, 11) is 0. The molecule has 2 N–H and O–H groups in total. The van der Waals surface area contributed by atoms with Crippen molar-refractivity contribution in [2.75, 3.05) is 19.6 Å². The van der Waals surface area contributed by atoms with Gasteiger partial charge in [-0.05, 0) is 24.1 Å². The summed E-state index contributed by atoms with van der Waals surface area (Å²) >= 11 is 3.53. The molecular weight excluding hydrogens is 417 g/mol. The fourth-order valence-electron chi connectivity index (χ4n) is 1.97. The standard InChI is InChI=1S/C14H20BrN3.HI/c1-14(2,11-5-3-6-12(15)9-11)10-18-13-16-7-4-8-17-13;/h3,5-6,9H,4,7-8,10H2,1-2H3,(H2,16,17,18);1H. The Hall–Kier alpha value is -0.300. The van der Waals surface area contributed by atoms with E-state index in [4.69, 9.17) is 0 Å². The van der Waals surface area contributed by atoms with E-state index in [0.717, 1.165) is 36.5 Å². The zero-order valence-electron chi connectivity index (χ0n) is 11.4. The molecule has 0 unspecified atom stereocenters. The summed E-state index contributed by atoms with van der Waals surface area (Å²) in [5.74, 6) is 0.935. The Morgan fingerprint density at radius 1 is 1.42 bits per heavy atom. The number of halogens is 2. The molecule has 106 valence electrons. The van der Waals surface area contributed by atoms with Crippen molar-refractivity contribution >= 4 is 45.9 Å². The second kappa shape index (κ2) is 7.47. The molecule has 0 aliphatic carbocycles. The van der Waals surface area contributed by atoms with Gasteiger partial charge in [-0.25, -0.2) is 0 Å². The molecule has 1 aromatic carbocycles. The highest BCUT2D eigenvalue weighted by molar-refractivity contribution is 14.0. The van der Waals surface area contributed by atoms with E-state index in [1.54, 1.807) is 0 Å². The summed E-state index contributed by atoms with van der Waals surface area (Å²) in [4.78, 5) is 4.43. The summed E-state index contributed by atoms with van der Waals surface area (Å²) < 4.78 is 1.13. The van der Waals surface area contributed by atoms with E-state index >= 15 is 0 Å². The molecular formula is C14H21BrIN3. The van der Waals surface area contributed by atoms with Crippen molar-refractivity contribution < 1.29 is 0 Å². The zero-order valence-corrected chi connectivity index (χ0v) is 15.3. The molecule has 0 spiro atoms. The van der Waals surface area contributed by atoms with Crippen molar-refractivity contribution in [1.29, 1.82) is 0 Å². The summed E-state index contributed by atoms with van der Waals surface area (Å²) in [5.41, 5.74) is 1.39. The first-order valence-corrected chi connectivity index (χ1v) is 7.15. The van der Waals surface area contributed by atoms with E-state index in [-0.39, 0.29) is 29.4 Å². The van der Waals surface area contributed by atoms with Gasteiger partial charge in [0.1, 0.15) is 0 Å². The molecule has 0 radical (unpaired) electrons. The van der Waals surface area contributed by atoms with Gasteiger partial charge in [0.05, 0.1) is 0 Å². The molecule has 0 atom stereocenters. The van der Waals surface area contributed by atoms with Gasteiger partial charge in [-0.3, -0.25) is 4.99 Å². The Balaban J connectivity index is 0.00000180. The van der Waals surface area contributed by atoms with Crippen LogP contribution in [0.3, 0.4) is 0 Å². The van der Waals surface area contributed by atoms with E-state index < -0.39 is 0 Å². The zero-order chi connectivity index (χ0) is 13.0. The summed E-state index contributed by atoms with van der Waals surface area (Å²) in [6, 6.07) is 8.48. The average molecular weight is 438 g/mol. The van der Waals surface area contributed by atoms with Gasteiger partial charge in [0.15, 0.2) is 5.96 Å². The highest BCUT2D eigenvalue weighted by Crippen LogP contribution is 2.24. The van der Waals surface area contributed by atoms with Crippen molar-refractivity contribution in [2.45, 2.75) is 25.7 Å². The first kappa shape index (κ1) is 16.8. The van der Waals surface area contributed by atoms with E-state index in [2.05, 4.69) is 69.7 Å². The monoisotopic (exact) mass is 437 g/mol. The lowest BCUT2D eigenvalue weighted by Crippen LogP contribution is -2.45. The molecule has 0 fully saturated rings. The average Bonchev–Trinajstić information content (AvgIpc) is 2.38. The molecule has 19 heavy (non-hydrogen) atoms. The second-order valence-electron chi connectivity index (χ2n) is 5.26. The van der Waals surface area contributed by atoms with Crippen molar-refractivity contribution in [3.05, 3.63) is 34.3 Å². The minimum Gasteiger partial charge on any atom is -0.356 e. The van der Waals surface area contributed by atoms with Gasteiger partial charge in [0, 0.05) is 29.5 Å². The first-order valence-electron chi connectivity index (χ1n) is 6.36. The van der Waals surface area contributed by atoms with Gasteiger partial charge in [-0.15, -0.1) is 24.0 Å². The van der Waals surface area contributed by atoms with Crippen LogP contribution >= 0.6 is 39.9 Å². The van der Waals surface area contributed by atoms with Crippen LogP contribution in [0.5, 0.6) is 0 Å². The molecule has 5 heteroatoms. The van der Waals surface area contributed by atoms with Crippen LogP contribution < -0.4 is 10.6 Å². The third-order valence-electron chi connectivity index (χ3n) is 3.20. The smallest absolute Gasteiger partial charge is 0.191 e. The van der Waals surface area contributed by atoms with Crippen LogP contribution in [0.15, 0.2) is 33.7 Å². The number of hydrogen-bond acceptors (Lipinski definition) is 3. The molecule has 1 heterocycles. The Morgan fingerprint density at radius 2 is 2.21 bits per heavy atom. The highest BCUT2D eigenvalue weighted by Gasteiger charge is 2.21. The molecule has 0 amide bonds. The summed E-state index contributed by atoms with van der Waals surface area (Å²) in [5, 5.41) is 6.69. The second-order valence-corrected chi connectivity index (χ2v) is 6.17. The van der Waals surface area contributed by atoms with Crippen molar-refractivity contribution in [3.63, 3.8) is 0 Å². The molecule has 0 bridgehead atoms. The van der Waals surface area contributed by atoms with Crippen LogP contribution in [0.25, 0.3) is 0 Å². The predicted octanol–water partition coefficient (Wildman–Crippen LogP) is 3.28. The molecule has 3 nitrogen and oxygen atoms in total. The van der Waals surface area contributed by atoms with Crippen LogP contribution in [0.1, 0.15) is 25.8 Å². The van der Waals surface area contributed by atoms with Crippen molar-refractivity contribution in [2.24, 2.45) is 4.99 Å². The Labute approximate surface area is 140 Å². The minimum atomic E-state index is 0. The number of nitrogens with one attached hydrogen (secondary N) is 2. The Bertz CT molecular complexity index is 446. The SMILES string of the molecule is CC(C)(CNC1=NCCCN1)c1cccc(Br)c1.I. The molecule has 2 rings (SSSR count). The first-order chi connectivity index (χ1) is 8.58. The maximum absolute atomic E-state index is 4.43. The molecule has 0 saturated carbocycles. The lowest BCUT2D eigenvalue weighted by atomic mass is 9.85. The number of guanidine groups is 1. The number of rotatable bonds is 3. The van der Waals surface area contributed by atoms with Crippen LogP contribution in [-0.4, -0.2) is 25.6 Å². The normalized spacial score (nSPS) is 15.0. The van der Waals surface area contributed by atoms with Gasteiger partial charge < -0.3 is 10.6 Å². The van der Waals surface area contributed by atoms with Crippen LogP contribution in [0, 0.1) is 0 Å². The molecule has 1 aromatic rings. The molecule has 0 saturated heterocycles. The fourth-order valence-corrected chi connectivity index (χ4v) is 2.37.